The van der Waals surface area contributed by atoms with E-state index in [-0.39, 0.29) is 0 Å². The Hall–Kier alpha value is 0.270. The lowest BCUT2D eigenvalue weighted by Crippen LogP contribution is -2.52. The summed E-state index contributed by atoms with van der Waals surface area (Å²) >= 11 is 4.44. The number of likely N-dealkylation sites (N-methyl/N-ethyl adjacent to an activating group) is 1. The molecular formula is C8H18N2S. The van der Waals surface area contributed by atoms with Crippen LogP contribution in [0.2, 0.25) is 0 Å². The van der Waals surface area contributed by atoms with E-state index in [1.165, 1.54) is 13.1 Å². The van der Waals surface area contributed by atoms with Crippen molar-refractivity contribution in [2.75, 3.05) is 26.7 Å². The summed E-state index contributed by atoms with van der Waals surface area (Å²) in [6.07, 6.45) is 0. The fraction of sp³-hybridized carbons (Fsp3) is 1.00. The molecule has 1 saturated heterocycles. The highest BCUT2D eigenvalue weighted by atomic mass is 32.1. The minimum absolute atomic E-state index is 0.402. The monoisotopic (exact) mass is 174 g/mol. The molecule has 0 N–H and O–H groups in total. The summed E-state index contributed by atoms with van der Waals surface area (Å²) in [6.45, 7) is 7.91. The lowest BCUT2D eigenvalue weighted by molar-refractivity contribution is 0.0960. The third-order valence-electron chi connectivity index (χ3n) is 2.36. The predicted molar refractivity (Wildman–Crippen MR) is 52.1 cm³/mol. The van der Waals surface area contributed by atoms with Crippen molar-refractivity contribution >= 4 is 12.6 Å². The number of hydrogen-bond donors (Lipinski definition) is 1. The molecule has 0 aromatic carbocycles. The topological polar surface area (TPSA) is 6.48 Å². The summed E-state index contributed by atoms with van der Waals surface area (Å²) in [6, 6.07) is 0.654. The largest absolute Gasteiger partial charge is 0.304 e. The lowest BCUT2D eigenvalue weighted by Gasteiger charge is -2.40. The van der Waals surface area contributed by atoms with Crippen LogP contribution in [-0.4, -0.2) is 47.9 Å². The molecule has 0 radical (unpaired) electrons. The normalized spacial score (nSPS) is 32.2. The van der Waals surface area contributed by atoms with Gasteiger partial charge in [0.15, 0.2) is 0 Å². The Morgan fingerprint density at radius 3 is 2.55 bits per heavy atom. The SMILES string of the molecule is CC(S)N1CCN(C)CC1C. The highest BCUT2D eigenvalue weighted by Crippen LogP contribution is 2.13. The number of rotatable bonds is 1. The molecule has 1 aliphatic heterocycles. The molecule has 11 heavy (non-hydrogen) atoms. The fourth-order valence-corrected chi connectivity index (χ4v) is 2.05. The maximum Gasteiger partial charge on any atom is 0.0502 e. The van der Waals surface area contributed by atoms with Gasteiger partial charge in [-0.3, -0.25) is 4.90 Å². The maximum atomic E-state index is 4.44. The smallest absolute Gasteiger partial charge is 0.0502 e. The first-order valence-electron chi connectivity index (χ1n) is 4.23. The van der Waals surface area contributed by atoms with E-state index in [0.717, 1.165) is 6.54 Å². The molecule has 0 aromatic heterocycles. The second-order valence-electron chi connectivity index (χ2n) is 3.48. The van der Waals surface area contributed by atoms with Gasteiger partial charge in [0, 0.05) is 25.7 Å². The molecule has 0 spiro atoms. The summed E-state index contributed by atoms with van der Waals surface area (Å²) in [5, 5.41) is 0.402. The van der Waals surface area contributed by atoms with Crippen LogP contribution in [0, 0.1) is 0 Å². The van der Waals surface area contributed by atoms with Gasteiger partial charge in [-0.1, -0.05) is 0 Å². The summed E-state index contributed by atoms with van der Waals surface area (Å²) in [5.74, 6) is 0. The van der Waals surface area contributed by atoms with Crippen LogP contribution in [0.3, 0.4) is 0 Å². The van der Waals surface area contributed by atoms with Crippen LogP contribution in [-0.2, 0) is 0 Å². The zero-order valence-corrected chi connectivity index (χ0v) is 8.51. The van der Waals surface area contributed by atoms with Gasteiger partial charge in [-0.15, -0.1) is 0 Å². The first kappa shape index (κ1) is 9.36. The molecule has 1 fully saturated rings. The standard InChI is InChI=1S/C8H18N2S/c1-7-6-9(3)4-5-10(7)8(2)11/h7-8,11H,4-6H2,1-3H3. The number of thiol groups is 1. The van der Waals surface area contributed by atoms with Gasteiger partial charge in [-0.2, -0.15) is 12.6 Å². The second-order valence-corrected chi connectivity index (χ2v) is 4.23. The number of hydrogen-bond acceptors (Lipinski definition) is 3. The van der Waals surface area contributed by atoms with Crippen molar-refractivity contribution in [1.82, 2.24) is 9.80 Å². The summed E-state index contributed by atoms with van der Waals surface area (Å²) in [7, 11) is 2.18. The van der Waals surface area contributed by atoms with Gasteiger partial charge in [0.2, 0.25) is 0 Å². The van der Waals surface area contributed by atoms with Crippen molar-refractivity contribution < 1.29 is 0 Å². The molecule has 2 nitrogen and oxygen atoms in total. The summed E-state index contributed by atoms with van der Waals surface area (Å²) in [4.78, 5) is 4.81. The Labute approximate surface area is 75.0 Å². The van der Waals surface area contributed by atoms with E-state index in [4.69, 9.17) is 0 Å². The molecule has 1 aliphatic rings. The van der Waals surface area contributed by atoms with Crippen LogP contribution in [0.15, 0.2) is 0 Å². The zero-order chi connectivity index (χ0) is 8.43. The quantitative estimate of drug-likeness (QED) is 0.590. The van der Waals surface area contributed by atoms with Gasteiger partial charge in [-0.05, 0) is 20.9 Å². The second kappa shape index (κ2) is 3.78. The van der Waals surface area contributed by atoms with Crippen molar-refractivity contribution in [1.29, 1.82) is 0 Å². The Morgan fingerprint density at radius 1 is 1.45 bits per heavy atom. The van der Waals surface area contributed by atoms with Gasteiger partial charge in [-0.25, -0.2) is 0 Å². The van der Waals surface area contributed by atoms with E-state index in [1.807, 2.05) is 0 Å². The Morgan fingerprint density at radius 2 is 2.09 bits per heavy atom. The van der Waals surface area contributed by atoms with Crippen LogP contribution in [0.5, 0.6) is 0 Å². The molecule has 0 aromatic rings. The van der Waals surface area contributed by atoms with Crippen molar-refractivity contribution in [3.63, 3.8) is 0 Å². The number of nitrogens with zero attached hydrogens (tertiary/aromatic N) is 2. The first-order chi connectivity index (χ1) is 5.11. The number of piperazine rings is 1. The van der Waals surface area contributed by atoms with Crippen molar-refractivity contribution in [3.8, 4) is 0 Å². The van der Waals surface area contributed by atoms with Crippen molar-refractivity contribution in [2.45, 2.75) is 25.3 Å². The van der Waals surface area contributed by atoms with Gasteiger partial charge >= 0.3 is 0 Å². The minimum Gasteiger partial charge on any atom is -0.304 e. The average Bonchev–Trinajstić information content (AvgIpc) is 1.85. The third kappa shape index (κ3) is 2.36. The summed E-state index contributed by atoms with van der Waals surface area (Å²) in [5.41, 5.74) is 0. The minimum atomic E-state index is 0.402. The molecule has 2 atom stereocenters. The van der Waals surface area contributed by atoms with E-state index >= 15 is 0 Å². The molecule has 1 heterocycles. The summed E-state index contributed by atoms with van der Waals surface area (Å²) < 4.78 is 0. The molecule has 0 aliphatic carbocycles. The third-order valence-corrected chi connectivity index (χ3v) is 2.66. The average molecular weight is 174 g/mol. The highest BCUT2D eigenvalue weighted by Gasteiger charge is 2.23. The van der Waals surface area contributed by atoms with Crippen LogP contribution < -0.4 is 0 Å². The molecule has 1 rings (SSSR count). The molecule has 0 saturated carbocycles. The van der Waals surface area contributed by atoms with Gasteiger partial charge in [0.1, 0.15) is 0 Å². The van der Waals surface area contributed by atoms with Crippen molar-refractivity contribution in [2.24, 2.45) is 0 Å². The van der Waals surface area contributed by atoms with E-state index < -0.39 is 0 Å². The molecular weight excluding hydrogens is 156 g/mol. The van der Waals surface area contributed by atoms with Gasteiger partial charge in [0.05, 0.1) is 5.37 Å². The zero-order valence-electron chi connectivity index (χ0n) is 7.62. The first-order valence-corrected chi connectivity index (χ1v) is 4.75. The molecule has 2 unspecified atom stereocenters. The maximum absolute atomic E-state index is 4.44. The molecule has 66 valence electrons. The molecule has 0 amide bonds. The predicted octanol–water partition coefficient (Wildman–Crippen LogP) is 0.898. The van der Waals surface area contributed by atoms with Crippen LogP contribution in [0.1, 0.15) is 13.8 Å². The van der Waals surface area contributed by atoms with Gasteiger partial charge in [0.25, 0.3) is 0 Å². The van der Waals surface area contributed by atoms with Crippen LogP contribution >= 0.6 is 12.6 Å². The van der Waals surface area contributed by atoms with E-state index in [2.05, 4.69) is 43.3 Å². The van der Waals surface area contributed by atoms with E-state index in [0.29, 0.717) is 11.4 Å². The Balaban J connectivity index is 2.44. The van der Waals surface area contributed by atoms with E-state index in [1.54, 1.807) is 0 Å². The molecule has 3 heteroatoms. The Bertz CT molecular complexity index is 127. The lowest BCUT2D eigenvalue weighted by atomic mass is 10.2. The van der Waals surface area contributed by atoms with Crippen molar-refractivity contribution in [3.05, 3.63) is 0 Å². The molecule has 0 bridgehead atoms. The highest BCUT2D eigenvalue weighted by molar-refractivity contribution is 7.80. The Kier molecular flexibility index (Phi) is 3.22. The van der Waals surface area contributed by atoms with Crippen LogP contribution in [0.4, 0.5) is 0 Å². The van der Waals surface area contributed by atoms with Crippen LogP contribution in [0.25, 0.3) is 0 Å². The fourth-order valence-electron chi connectivity index (χ4n) is 1.71. The van der Waals surface area contributed by atoms with Gasteiger partial charge < -0.3 is 4.90 Å². The van der Waals surface area contributed by atoms with E-state index in [9.17, 15) is 0 Å².